The monoisotopic (exact) mass is 299 g/mol. The van der Waals surface area contributed by atoms with Gasteiger partial charge in [-0.3, -0.25) is 0 Å². The lowest BCUT2D eigenvalue weighted by molar-refractivity contribution is 0.835. The van der Waals surface area contributed by atoms with Gasteiger partial charge in [0.1, 0.15) is 0 Å². The Morgan fingerprint density at radius 3 is 2.56 bits per heavy atom. The standard InChI is InChI=1S/C11H11BrClN3/c1-6-11(12)7(2)16(15-6)10-4-3-8(13)5-9(10)14/h3-5H,14H2,1-2H3. The Hall–Kier alpha value is -1.00. The van der Waals surface area contributed by atoms with Crippen molar-refractivity contribution in [1.29, 1.82) is 0 Å². The topological polar surface area (TPSA) is 43.8 Å². The van der Waals surface area contributed by atoms with Crippen molar-refractivity contribution in [3.05, 3.63) is 39.1 Å². The predicted molar refractivity (Wildman–Crippen MR) is 70.2 cm³/mol. The van der Waals surface area contributed by atoms with Gasteiger partial charge in [-0.25, -0.2) is 4.68 Å². The largest absolute Gasteiger partial charge is 0.397 e. The van der Waals surface area contributed by atoms with E-state index in [1.54, 1.807) is 12.1 Å². The van der Waals surface area contributed by atoms with Gasteiger partial charge in [-0.15, -0.1) is 0 Å². The molecule has 0 saturated carbocycles. The van der Waals surface area contributed by atoms with Crippen molar-refractivity contribution >= 4 is 33.2 Å². The predicted octanol–water partition coefficient (Wildman–Crippen LogP) is 3.49. The molecule has 0 amide bonds. The molecule has 84 valence electrons. The molecular formula is C11H11BrClN3. The molecule has 0 aliphatic heterocycles. The number of halogens is 2. The molecule has 3 nitrogen and oxygen atoms in total. The SMILES string of the molecule is Cc1nn(-c2ccc(Cl)cc2N)c(C)c1Br. The fraction of sp³-hybridized carbons (Fsp3) is 0.182. The maximum atomic E-state index is 5.92. The lowest BCUT2D eigenvalue weighted by atomic mass is 10.2. The quantitative estimate of drug-likeness (QED) is 0.819. The number of hydrogen-bond acceptors (Lipinski definition) is 2. The summed E-state index contributed by atoms with van der Waals surface area (Å²) in [5.74, 6) is 0. The second-order valence-corrected chi connectivity index (χ2v) is 4.83. The van der Waals surface area contributed by atoms with Crippen LogP contribution in [-0.2, 0) is 0 Å². The van der Waals surface area contributed by atoms with Crippen molar-refractivity contribution in [1.82, 2.24) is 9.78 Å². The van der Waals surface area contributed by atoms with Gasteiger partial charge in [-0.1, -0.05) is 11.6 Å². The Bertz CT molecular complexity index is 548. The third kappa shape index (κ3) is 1.83. The number of aromatic nitrogens is 2. The number of rotatable bonds is 1. The number of nitrogens with zero attached hydrogens (tertiary/aromatic N) is 2. The maximum absolute atomic E-state index is 5.92. The Kier molecular flexibility index (Phi) is 2.95. The summed E-state index contributed by atoms with van der Waals surface area (Å²) in [4.78, 5) is 0. The molecule has 2 N–H and O–H groups in total. The van der Waals surface area contributed by atoms with E-state index < -0.39 is 0 Å². The highest BCUT2D eigenvalue weighted by molar-refractivity contribution is 9.10. The molecule has 16 heavy (non-hydrogen) atoms. The molecule has 1 aromatic heterocycles. The van der Waals surface area contributed by atoms with Gasteiger partial charge in [0.25, 0.3) is 0 Å². The molecule has 1 heterocycles. The Morgan fingerprint density at radius 1 is 1.38 bits per heavy atom. The van der Waals surface area contributed by atoms with Crippen LogP contribution in [0.3, 0.4) is 0 Å². The van der Waals surface area contributed by atoms with Crippen molar-refractivity contribution in [2.24, 2.45) is 0 Å². The Morgan fingerprint density at radius 2 is 2.06 bits per heavy atom. The van der Waals surface area contributed by atoms with E-state index in [0.29, 0.717) is 10.7 Å². The minimum Gasteiger partial charge on any atom is -0.397 e. The lowest BCUT2D eigenvalue weighted by Crippen LogP contribution is -2.03. The third-order valence-electron chi connectivity index (χ3n) is 2.42. The minimum atomic E-state index is 0.616. The van der Waals surface area contributed by atoms with Crippen molar-refractivity contribution in [2.45, 2.75) is 13.8 Å². The summed E-state index contributed by atoms with van der Waals surface area (Å²) in [6.45, 7) is 3.93. The molecule has 0 aliphatic carbocycles. The first-order valence-electron chi connectivity index (χ1n) is 4.78. The van der Waals surface area contributed by atoms with E-state index in [9.17, 15) is 0 Å². The van der Waals surface area contributed by atoms with Crippen LogP contribution in [0.1, 0.15) is 11.4 Å². The first-order valence-corrected chi connectivity index (χ1v) is 5.95. The van der Waals surface area contributed by atoms with Crippen LogP contribution in [0, 0.1) is 13.8 Å². The molecule has 2 aromatic rings. The van der Waals surface area contributed by atoms with E-state index in [-0.39, 0.29) is 0 Å². The van der Waals surface area contributed by atoms with Crippen LogP contribution in [-0.4, -0.2) is 9.78 Å². The second kappa shape index (κ2) is 4.11. The molecule has 0 saturated heterocycles. The number of aryl methyl sites for hydroxylation is 1. The molecule has 5 heteroatoms. The fourth-order valence-electron chi connectivity index (χ4n) is 1.58. The summed E-state index contributed by atoms with van der Waals surface area (Å²) in [7, 11) is 0. The van der Waals surface area contributed by atoms with Crippen LogP contribution >= 0.6 is 27.5 Å². The molecule has 0 aliphatic rings. The van der Waals surface area contributed by atoms with E-state index in [1.165, 1.54) is 0 Å². The summed E-state index contributed by atoms with van der Waals surface area (Å²) in [5, 5.41) is 5.04. The minimum absolute atomic E-state index is 0.616. The van der Waals surface area contributed by atoms with Gasteiger partial charge in [0, 0.05) is 5.02 Å². The van der Waals surface area contributed by atoms with Crippen LogP contribution in [0.5, 0.6) is 0 Å². The van der Waals surface area contributed by atoms with Crippen molar-refractivity contribution < 1.29 is 0 Å². The normalized spacial score (nSPS) is 10.8. The van der Waals surface area contributed by atoms with Crippen LogP contribution in [0.2, 0.25) is 5.02 Å². The Balaban J connectivity index is 2.63. The summed E-state index contributed by atoms with van der Waals surface area (Å²) in [6.07, 6.45) is 0. The molecule has 0 unspecified atom stereocenters. The van der Waals surface area contributed by atoms with Crippen LogP contribution in [0.15, 0.2) is 22.7 Å². The van der Waals surface area contributed by atoms with E-state index >= 15 is 0 Å². The highest BCUT2D eigenvalue weighted by Crippen LogP contribution is 2.27. The molecule has 1 aromatic carbocycles. The molecule has 0 fully saturated rings. The molecule has 0 bridgehead atoms. The summed E-state index contributed by atoms with van der Waals surface area (Å²) >= 11 is 9.35. The van der Waals surface area contributed by atoms with Gasteiger partial charge in [0.2, 0.25) is 0 Å². The highest BCUT2D eigenvalue weighted by Gasteiger charge is 2.12. The number of hydrogen-bond donors (Lipinski definition) is 1. The van der Waals surface area contributed by atoms with E-state index in [4.69, 9.17) is 17.3 Å². The van der Waals surface area contributed by atoms with Crippen molar-refractivity contribution in [3.63, 3.8) is 0 Å². The smallest absolute Gasteiger partial charge is 0.0879 e. The van der Waals surface area contributed by atoms with Gasteiger partial charge >= 0.3 is 0 Å². The van der Waals surface area contributed by atoms with Crippen molar-refractivity contribution in [3.8, 4) is 5.69 Å². The molecule has 0 atom stereocenters. The van der Waals surface area contributed by atoms with E-state index in [0.717, 1.165) is 21.5 Å². The second-order valence-electron chi connectivity index (χ2n) is 3.60. The number of anilines is 1. The summed E-state index contributed by atoms with van der Waals surface area (Å²) < 4.78 is 2.81. The van der Waals surface area contributed by atoms with E-state index in [1.807, 2.05) is 24.6 Å². The average Bonchev–Trinajstić information content (AvgIpc) is 2.46. The zero-order chi connectivity index (χ0) is 11.9. The first kappa shape index (κ1) is 11.5. The number of nitrogens with two attached hydrogens (primary N) is 1. The molecule has 0 radical (unpaired) electrons. The molecular weight excluding hydrogens is 289 g/mol. The Labute approximate surface area is 107 Å². The molecule has 0 spiro atoms. The lowest BCUT2D eigenvalue weighted by Gasteiger charge is -2.08. The van der Waals surface area contributed by atoms with Gasteiger partial charge in [-0.05, 0) is 48.0 Å². The van der Waals surface area contributed by atoms with Crippen LogP contribution in [0.25, 0.3) is 5.69 Å². The highest BCUT2D eigenvalue weighted by atomic mass is 79.9. The number of nitrogen functional groups attached to an aromatic ring is 1. The number of benzene rings is 1. The van der Waals surface area contributed by atoms with Gasteiger partial charge in [-0.2, -0.15) is 5.10 Å². The van der Waals surface area contributed by atoms with E-state index in [2.05, 4.69) is 21.0 Å². The average molecular weight is 301 g/mol. The van der Waals surface area contributed by atoms with Crippen LogP contribution < -0.4 is 5.73 Å². The molecule has 2 rings (SSSR count). The van der Waals surface area contributed by atoms with Gasteiger partial charge in [0.15, 0.2) is 0 Å². The summed E-state index contributed by atoms with van der Waals surface area (Å²) in [5.41, 5.74) is 9.34. The zero-order valence-electron chi connectivity index (χ0n) is 8.96. The first-order chi connectivity index (χ1) is 7.50. The van der Waals surface area contributed by atoms with Crippen LogP contribution in [0.4, 0.5) is 5.69 Å². The third-order valence-corrected chi connectivity index (χ3v) is 3.80. The van der Waals surface area contributed by atoms with Crippen molar-refractivity contribution in [2.75, 3.05) is 5.73 Å². The summed E-state index contributed by atoms with van der Waals surface area (Å²) in [6, 6.07) is 5.39. The maximum Gasteiger partial charge on any atom is 0.0879 e. The van der Waals surface area contributed by atoms with Gasteiger partial charge in [0.05, 0.1) is 27.2 Å². The zero-order valence-corrected chi connectivity index (χ0v) is 11.3. The fourth-order valence-corrected chi connectivity index (χ4v) is 2.00. The van der Waals surface area contributed by atoms with Gasteiger partial charge < -0.3 is 5.73 Å².